The van der Waals surface area contributed by atoms with Gasteiger partial charge in [0.25, 0.3) is 0 Å². The molecule has 0 aliphatic carbocycles. The second-order valence-corrected chi connectivity index (χ2v) is 6.50. The molecule has 0 aliphatic heterocycles. The van der Waals surface area contributed by atoms with Gasteiger partial charge in [-0.05, 0) is 55.3 Å². The van der Waals surface area contributed by atoms with Crippen LogP contribution in [0.15, 0.2) is 46.8 Å². The smallest absolute Gasteiger partial charge is 0.191 e. The minimum atomic E-state index is 0. The number of rotatable bonds is 9. The first-order valence-electron chi connectivity index (χ1n) is 8.49. The van der Waals surface area contributed by atoms with Gasteiger partial charge in [-0.15, -0.1) is 35.3 Å². The Labute approximate surface area is 172 Å². The number of hydrogen-bond donors (Lipinski definition) is 2. The van der Waals surface area contributed by atoms with Gasteiger partial charge in [0, 0.05) is 24.5 Å². The minimum absolute atomic E-state index is 0. The van der Waals surface area contributed by atoms with E-state index in [1.165, 1.54) is 10.4 Å². The number of benzene rings is 1. The molecule has 0 atom stereocenters. The van der Waals surface area contributed by atoms with E-state index in [1.807, 2.05) is 12.1 Å². The van der Waals surface area contributed by atoms with Crippen molar-refractivity contribution in [1.82, 2.24) is 10.6 Å². The van der Waals surface area contributed by atoms with Crippen LogP contribution in [0.2, 0.25) is 0 Å². The molecule has 1 aromatic heterocycles. The highest BCUT2D eigenvalue weighted by Crippen LogP contribution is 2.13. The van der Waals surface area contributed by atoms with Crippen LogP contribution in [0.1, 0.15) is 23.8 Å². The quantitative estimate of drug-likeness (QED) is 0.250. The molecular formula is C19H28IN3OS. The monoisotopic (exact) mass is 473 g/mol. The van der Waals surface area contributed by atoms with E-state index in [-0.39, 0.29) is 24.0 Å². The fourth-order valence-electron chi connectivity index (χ4n) is 2.40. The lowest BCUT2D eigenvalue weighted by Crippen LogP contribution is -2.38. The van der Waals surface area contributed by atoms with Gasteiger partial charge in [0.1, 0.15) is 5.75 Å². The predicted molar refractivity (Wildman–Crippen MR) is 119 cm³/mol. The molecule has 0 saturated carbocycles. The van der Waals surface area contributed by atoms with Crippen molar-refractivity contribution in [2.24, 2.45) is 4.99 Å². The number of guanidine groups is 1. The van der Waals surface area contributed by atoms with Gasteiger partial charge in [0.05, 0.1) is 7.11 Å². The third-order valence-corrected chi connectivity index (χ3v) is 4.55. The molecular weight excluding hydrogens is 445 g/mol. The zero-order valence-electron chi connectivity index (χ0n) is 15.0. The maximum atomic E-state index is 5.26. The summed E-state index contributed by atoms with van der Waals surface area (Å²) in [5.74, 6) is 1.82. The van der Waals surface area contributed by atoms with Crippen LogP contribution in [-0.2, 0) is 12.8 Å². The largest absolute Gasteiger partial charge is 0.497 e. The second-order valence-electron chi connectivity index (χ2n) is 5.47. The number of aliphatic imine (C=N–C) groups is 1. The Kier molecular flexibility index (Phi) is 11.3. The number of methoxy groups -OCH3 is 1. The van der Waals surface area contributed by atoms with Gasteiger partial charge in [0.15, 0.2) is 5.96 Å². The molecule has 138 valence electrons. The van der Waals surface area contributed by atoms with Crippen molar-refractivity contribution >= 4 is 41.3 Å². The minimum Gasteiger partial charge on any atom is -0.497 e. The fraction of sp³-hybridized carbons (Fsp3) is 0.421. The van der Waals surface area contributed by atoms with Crippen molar-refractivity contribution in [3.8, 4) is 5.75 Å². The molecule has 25 heavy (non-hydrogen) atoms. The zero-order chi connectivity index (χ0) is 17.0. The normalized spacial score (nSPS) is 10.9. The summed E-state index contributed by atoms with van der Waals surface area (Å²) in [7, 11) is 1.70. The Morgan fingerprint density at radius 1 is 1.16 bits per heavy atom. The zero-order valence-corrected chi connectivity index (χ0v) is 18.1. The van der Waals surface area contributed by atoms with Gasteiger partial charge in [0.2, 0.25) is 0 Å². The summed E-state index contributed by atoms with van der Waals surface area (Å²) < 4.78 is 5.26. The Hall–Kier alpha value is -1.28. The number of ether oxygens (including phenoxy) is 1. The van der Waals surface area contributed by atoms with E-state index in [0.29, 0.717) is 0 Å². The molecule has 2 N–H and O–H groups in total. The van der Waals surface area contributed by atoms with Crippen LogP contribution in [0.25, 0.3) is 0 Å². The van der Waals surface area contributed by atoms with Crippen molar-refractivity contribution in [3.63, 3.8) is 0 Å². The predicted octanol–water partition coefficient (Wildman–Crippen LogP) is 4.11. The van der Waals surface area contributed by atoms with E-state index in [1.54, 1.807) is 18.4 Å². The molecule has 1 heterocycles. The van der Waals surface area contributed by atoms with E-state index in [9.17, 15) is 0 Å². The third-order valence-electron chi connectivity index (χ3n) is 3.62. The molecule has 1 aromatic carbocycles. The average molecular weight is 473 g/mol. The Bertz CT molecular complexity index is 617. The van der Waals surface area contributed by atoms with Crippen molar-refractivity contribution in [2.45, 2.75) is 26.2 Å². The summed E-state index contributed by atoms with van der Waals surface area (Å²) in [6.07, 6.45) is 3.07. The summed E-state index contributed by atoms with van der Waals surface area (Å²) in [6, 6.07) is 12.5. The van der Waals surface area contributed by atoms with Crippen LogP contribution in [0.5, 0.6) is 5.75 Å². The number of halogens is 1. The summed E-state index contributed by atoms with van der Waals surface area (Å²) in [6.45, 7) is 4.68. The summed E-state index contributed by atoms with van der Waals surface area (Å²) in [5, 5.41) is 8.82. The highest BCUT2D eigenvalue weighted by Gasteiger charge is 1.99. The average Bonchev–Trinajstić information content (AvgIpc) is 3.12. The molecule has 0 saturated heterocycles. The Balaban J connectivity index is 0.00000312. The van der Waals surface area contributed by atoms with Crippen LogP contribution < -0.4 is 15.4 Å². The van der Waals surface area contributed by atoms with E-state index < -0.39 is 0 Å². The second kappa shape index (κ2) is 13.0. The Morgan fingerprint density at radius 2 is 2.04 bits per heavy atom. The van der Waals surface area contributed by atoms with Crippen molar-refractivity contribution in [2.75, 3.05) is 26.7 Å². The summed E-state index contributed by atoms with van der Waals surface area (Å²) >= 11 is 1.80. The maximum Gasteiger partial charge on any atom is 0.191 e. The van der Waals surface area contributed by atoms with Gasteiger partial charge in [-0.1, -0.05) is 18.2 Å². The summed E-state index contributed by atoms with van der Waals surface area (Å²) in [4.78, 5) is 6.06. The molecule has 0 unspecified atom stereocenters. The van der Waals surface area contributed by atoms with Gasteiger partial charge in [-0.25, -0.2) is 0 Å². The van der Waals surface area contributed by atoms with E-state index in [4.69, 9.17) is 4.74 Å². The molecule has 4 nitrogen and oxygen atoms in total. The van der Waals surface area contributed by atoms with Gasteiger partial charge in [-0.2, -0.15) is 0 Å². The topological polar surface area (TPSA) is 45.7 Å². The molecule has 0 amide bonds. The number of nitrogens with one attached hydrogen (secondary N) is 2. The van der Waals surface area contributed by atoms with Crippen molar-refractivity contribution in [1.29, 1.82) is 0 Å². The van der Waals surface area contributed by atoms with Crippen LogP contribution in [0.3, 0.4) is 0 Å². The molecule has 0 radical (unpaired) electrons. The molecule has 0 aliphatic rings. The van der Waals surface area contributed by atoms with Crippen LogP contribution >= 0.6 is 35.3 Å². The Morgan fingerprint density at radius 3 is 2.76 bits per heavy atom. The van der Waals surface area contributed by atoms with Crippen LogP contribution in [-0.4, -0.2) is 32.7 Å². The van der Waals surface area contributed by atoms with E-state index in [0.717, 1.165) is 50.6 Å². The summed E-state index contributed by atoms with van der Waals surface area (Å²) in [5.41, 5.74) is 1.29. The lowest BCUT2D eigenvalue weighted by molar-refractivity contribution is 0.414. The number of nitrogens with zero attached hydrogens (tertiary/aromatic N) is 1. The lowest BCUT2D eigenvalue weighted by Gasteiger charge is -2.11. The fourth-order valence-corrected chi connectivity index (χ4v) is 3.11. The van der Waals surface area contributed by atoms with Crippen LogP contribution in [0, 0.1) is 0 Å². The van der Waals surface area contributed by atoms with Gasteiger partial charge < -0.3 is 15.4 Å². The lowest BCUT2D eigenvalue weighted by atomic mass is 10.1. The highest BCUT2D eigenvalue weighted by molar-refractivity contribution is 14.0. The van der Waals surface area contributed by atoms with Gasteiger partial charge in [-0.3, -0.25) is 4.99 Å². The van der Waals surface area contributed by atoms with Crippen molar-refractivity contribution in [3.05, 3.63) is 52.2 Å². The first-order chi connectivity index (χ1) is 11.8. The van der Waals surface area contributed by atoms with Gasteiger partial charge >= 0.3 is 0 Å². The number of thiophene rings is 1. The van der Waals surface area contributed by atoms with Crippen molar-refractivity contribution < 1.29 is 4.74 Å². The maximum absolute atomic E-state index is 5.26. The molecule has 0 spiro atoms. The molecule has 2 aromatic rings. The SMILES string of the molecule is CCNC(=NCCCc1cccc(OC)c1)NCCc1cccs1.I. The third kappa shape index (κ3) is 8.58. The standard InChI is InChI=1S/C19H27N3OS.HI/c1-3-20-19(22-13-11-18-10-6-14-24-18)21-12-5-8-16-7-4-9-17(15-16)23-2;/h4,6-7,9-10,14-15H,3,5,8,11-13H2,1-2H3,(H2,20,21,22);1H. The molecule has 2 rings (SSSR count). The number of hydrogen-bond acceptors (Lipinski definition) is 3. The first kappa shape index (κ1) is 21.8. The molecule has 0 fully saturated rings. The first-order valence-corrected chi connectivity index (χ1v) is 9.37. The molecule has 6 heteroatoms. The van der Waals surface area contributed by atoms with E-state index >= 15 is 0 Å². The highest BCUT2D eigenvalue weighted by atomic mass is 127. The van der Waals surface area contributed by atoms with Crippen LogP contribution in [0.4, 0.5) is 0 Å². The van der Waals surface area contributed by atoms with E-state index in [2.05, 4.69) is 52.2 Å². The number of aryl methyl sites for hydroxylation is 1. The molecule has 0 bridgehead atoms.